The highest BCUT2D eigenvalue weighted by atomic mass is 16.5. The summed E-state index contributed by atoms with van der Waals surface area (Å²) in [6.45, 7) is 2.10. The second-order valence-corrected chi connectivity index (χ2v) is 9.56. The summed E-state index contributed by atoms with van der Waals surface area (Å²) in [5.74, 6) is 0.891. The number of para-hydroxylation sites is 2. The fraction of sp³-hybridized carbons (Fsp3) is 0.290. The van der Waals surface area contributed by atoms with Crippen LogP contribution in [-0.2, 0) is 9.59 Å². The molecule has 0 bridgehead atoms. The molecule has 1 saturated heterocycles. The third kappa shape index (κ3) is 6.02. The summed E-state index contributed by atoms with van der Waals surface area (Å²) in [4.78, 5) is 31.0. The van der Waals surface area contributed by atoms with Gasteiger partial charge in [-0.25, -0.2) is 0 Å². The number of aromatic nitrogens is 1. The number of H-pyrrole nitrogens is 1. The number of piperidine rings is 1. The van der Waals surface area contributed by atoms with Gasteiger partial charge in [0.1, 0.15) is 5.75 Å². The molecule has 1 unspecified atom stereocenters. The van der Waals surface area contributed by atoms with E-state index < -0.39 is 0 Å². The molecular weight excluding hydrogens is 462 g/mol. The van der Waals surface area contributed by atoms with E-state index in [1.54, 1.807) is 0 Å². The van der Waals surface area contributed by atoms with Crippen molar-refractivity contribution in [3.05, 3.63) is 102 Å². The Hall–Kier alpha value is -4.06. The van der Waals surface area contributed by atoms with Crippen LogP contribution in [0.25, 0.3) is 10.9 Å². The van der Waals surface area contributed by atoms with E-state index in [1.807, 2.05) is 65.6 Å². The van der Waals surface area contributed by atoms with Gasteiger partial charge in [0.15, 0.2) is 0 Å². The lowest BCUT2D eigenvalue weighted by Gasteiger charge is -2.31. The van der Waals surface area contributed by atoms with Gasteiger partial charge in [0.2, 0.25) is 11.8 Å². The first-order valence-corrected chi connectivity index (χ1v) is 13.0. The predicted molar refractivity (Wildman–Crippen MR) is 145 cm³/mol. The molecule has 37 heavy (non-hydrogen) atoms. The van der Waals surface area contributed by atoms with Gasteiger partial charge in [-0.2, -0.15) is 0 Å². The van der Waals surface area contributed by atoms with Crippen LogP contribution in [0.3, 0.4) is 0 Å². The lowest BCUT2D eigenvalue weighted by atomic mass is 9.90. The maximum atomic E-state index is 13.1. The number of ether oxygens (including phenoxy) is 1. The van der Waals surface area contributed by atoms with Crippen molar-refractivity contribution in [3.63, 3.8) is 0 Å². The highest BCUT2D eigenvalue weighted by Gasteiger charge is 2.28. The van der Waals surface area contributed by atoms with Crippen LogP contribution in [0.5, 0.6) is 5.75 Å². The summed E-state index contributed by atoms with van der Waals surface area (Å²) in [6.07, 6.45) is 3.76. The van der Waals surface area contributed by atoms with Crippen molar-refractivity contribution < 1.29 is 14.3 Å². The molecule has 0 spiro atoms. The molecule has 1 fully saturated rings. The Balaban J connectivity index is 1.14. The number of amides is 2. The fourth-order valence-corrected chi connectivity index (χ4v) is 5.14. The summed E-state index contributed by atoms with van der Waals surface area (Å²) >= 11 is 0. The average molecular weight is 496 g/mol. The Labute approximate surface area is 217 Å². The molecule has 1 aromatic heterocycles. The van der Waals surface area contributed by atoms with Gasteiger partial charge in [-0.3, -0.25) is 9.59 Å². The van der Waals surface area contributed by atoms with E-state index in [1.165, 1.54) is 16.5 Å². The number of benzene rings is 3. The molecule has 6 nitrogen and oxygen atoms in total. The van der Waals surface area contributed by atoms with Gasteiger partial charge in [0.05, 0.1) is 13.0 Å². The standard InChI is InChI=1S/C31H33N3O3/c35-30(17-20-37-25-11-5-2-6-12-25)34-18-15-24(16-19-34)31(36)33-21-27(23-9-3-1-4-10-23)28-22-32-29-14-8-7-13-26(28)29/h1-14,22,24,27,32H,15-21H2,(H,33,36). The van der Waals surface area contributed by atoms with E-state index in [0.717, 1.165) is 11.3 Å². The molecule has 0 aliphatic carbocycles. The van der Waals surface area contributed by atoms with Crippen molar-refractivity contribution in [3.8, 4) is 5.75 Å². The summed E-state index contributed by atoms with van der Waals surface area (Å²) < 4.78 is 5.66. The minimum Gasteiger partial charge on any atom is -0.493 e. The molecule has 4 aromatic rings. The van der Waals surface area contributed by atoms with E-state index in [9.17, 15) is 9.59 Å². The molecular formula is C31H33N3O3. The van der Waals surface area contributed by atoms with Crippen molar-refractivity contribution >= 4 is 22.7 Å². The molecule has 2 N–H and O–H groups in total. The van der Waals surface area contributed by atoms with E-state index in [2.05, 4.69) is 40.8 Å². The van der Waals surface area contributed by atoms with Crippen LogP contribution in [-0.4, -0.2) is 47.9 Å². The second kappa shape index (κ2) is 11.8. The number of hydrogen-bond acceptors (Lipinski definition) is 3. The first kappa shape index (κ1) is 24.6. The highest BCUT2D eigenvalue weighted by molar-refractivity contribution is 5.84. The maximum Gasteiger partial charge on any atom is 0.225 e. The summed E-state index contributed by atoms with van der Waals surface area (Å²) in [5, 5.41) is 4.40. The number of aromatic amines is 1. The van der Waals surface area contributed by atoms with Crippen molar-refractivity contribution in [1.82, 2.24) is 15.2 Å². The van der Waals surface area contributed by atoms with Crippen molar-refractivity contribution in [1.29, 1.82) is 0 Å². The smallest absolute Gasteiger partial charge is 0.225 e. The number of nitrogens with zero attached hydrogens (tertiary/aromatic N) is 1. The van der Waals surface area contributed by atoms with Gasteiger partial charge in [-0.15, -0.1) is 0 Å². The molecule has 190 valence electrons. The number of fused-ring (bicyclic) bond motifs is 1. The normalized spacial score (nSPS) is 14.9. The lowest BCUT2D eigenvalue weighted by molar-refractivity contribution is -0.136. The second-order valence-electron chi connectivity index (χ2n) is 9.56. The van der Waals surface area contributed by atoms with Crippen molar-refractivity contribution in [2.45, 2.75) is 25.2 Å². The highest BCUT2D eigenvalue weighted by Crippen LogP contribution is 2.30. The van der Waals surface area contributed by atoms with Crippen LogP contribution >= 0.6 is 0 Å². The molecule has 1 atom stereocenters. The topological polar surface area (TPSA) is 74.4 Å². The largest absolute Gasteiger partial charge is 0.493 e. The Morgan fingerprint density at radius 1 is 0.919 bits per heavy atom. The van der Waals surface area contributed by atoms with Gasteiger partial charge >= 0.3 is 0 Å². The summed E-state index contributed by atoms with van der Waals surface area (Å²) in [6, 6.07) is 28.1. The minimum atomic E-state index is -0.0796. The van der Waals surface area contributed by atoms with Gasteiger partial charge in [0, 0.05) is 48.6 Å². The molecule has 0 saturated carbocycles. The summed E-state index contributed by atoms with van der Waals surface area (Å²) in [5.41, 5.74) is 3.45. The zero-order valence-corrected chi connectivity index (χ0v) is 20.9. The van der Waals surface area contributed by atoms with E-state index in [-0.39, 0.29) is 23.7 Å². The number of carbonyl (C=O) groups is 2. The lowest BCUT2D eigenvalue weighted by Crippen LogP contribution is -2.44. The number of likely N-dealkylation sites (tertiary alicyclic amines) is 1. The van der Waals surface area contributed by atoms with Gasteiger partial charge in [-0.1, -0.05) is 66.7 Å². The minimum absolute atomic E-state index is 0.0487. The third-order valence-corrected chi connectivity index (χ3v) is 7.23. The molecule has 0 radical (unpaired) electrons. The van der Waals surface area contributed by atoms with Crippen molar-refractivity contribution in [2.24, 2.45) is 5.92 Å². The molecule has 6 heteroatoms. The average Bonchev–Trinajstić information content (AvgIpc) is 3.38. The first-order chi connectivity index (χ1) is 18.2. The van der Waals surface area contributed by atoms with Crippen LogP contribution in [0.2, 0.25) is 0 Å². The molecule has 1 aliphatic rings. The van der Waals surface area contributed by atoms with E-state index >= 15 is 0 Å². The Morgan fingerprint density at radius 3 is 2.35 bits per heavy atom. The van der Waals surface area contributed by atoms with Gasteiger partial charge in [-0.05, 0) is 42.2 Å². The van der Waals surface area contributed by atoms with Crippen LogP contribution in [0.1, 0.15) is 36.3 Å². The van der Waals surface area contributed by atoms with Crippen LogP contribution < -0.4 is 10.1 Å². The Kier molecular flexibility index (Phi) is 7.84. The maximum absolute atomic E-state index is 13.1. The van der Waals surface area contributed by atoms with Crippen LogP contribution in [0.15, 0.2) is 91.1 Å². The van der Waals surface area contributed by atoms with E-state index in [0.29, 0.717) is 45.5 Å². The number of rotatable bonds is 9. The molecule has 5 rings (SSSR count). The zero-order valence-electron chi connectivity index (χ0n) is 20.9. The molecule has 3 aromatic carbocycles. The van der Waals surface area contributed by atoms with E-state index in [4.69, 9.17) is 4.74 Å². The predicted octanol–water partition coefficient (Wildman–Crippen LogP) is 5.12. The van der Waals surface area contributed by atoms with Gasteiger partial charge in [0.25, 0.3) is 0 Å². The number of hydrogen-bond donors (Lipinski definition) is 2. The Morgan fingerprint density at radius 2 is 1.59 bits per heavy atom. The monoisotopic (exact) mass is 495 g/mol. The van der Waals surface area contributed by atoms with Gasteiger partial charge < -0.3 is 19.9 Å². The first-order valence-electron chi connectivity index (χ1n) is 13.0. The summed E-state index contributed by atoms with van der Waals surface area (Å²) in [7, 11) is 0. The molecule has 1 aliphatic heterocycles. The SMILES string of the molecule is O=C(NCC(c1ccccc1)c1c[nH]c2ccccc12)C1CCN(C(=O)CCOc2ccccc2)CC1. The fourth-order valence-electron chi connectivity index (χ4n) is 5.14. The van der Waals surface area contributed by atoms with Crippen LogP contribution in [0.4, 0.5) is 0 Å². The number of nitrogens with one attached hydrogen (secondary N) is 2. The zero-order chi connectivity index (χ0) is 25.5. The van der Waals surface area contributed by atoms with Crippen molar-refractivity contribution in [2.75, 3.05) is 26.2 Å². The third-order valence-electron chi connectivity index (χ3n) is 7.23. The Bertz CT molecular complexity index is 1310. The molecule has 2 heterocycles. The molecule has 2 amide bonds. The number of carbonyl (C=O) groups excluding carboxylic acids is 2. The van der Waals surface area contributed by atoms with Crippen LogP contribution in [0, 0.1) is 5.92 Å². The quantitative estimate of drug-likeness (QED) is 0.338.